The molecule has 0 saturated heterocycles. The van der Waals surface area contributed by atoms with Gasteiger partial charge in [0.15, 0.2) is 12.2 Å². The molecule has 0 saturated carbocycles. The van der Waals surface area contributed by atoms with Gasteiger partial charge in [-0.1, -0.05) is 350 Å². The molecule has 0 rings (SSSR count). The maximum atomic E-state index is 13.1. The monoisotopic (exact) mass is 1420 g/mol. The average Bonchev–Trinajstić information content (AvgIpc) is 1.39. The van der Waals surface area contributed by atoms with E-state index in [0.29, 0.717) is 25.7 Å². The van der Waals surface area contributed by atoms with Crippen molar-refractivity contribution >= 4 is 39.5 Å². The molecule has 0 aliphatic heterocycles. The zero-order valence-corrected chi connectivity index (χ0v) is 65.3. The van der Waals surface area contributed by atoms with Crippen molar-refractivity contribution in [1.29, 1.82) is 0 Å². The third kappa shape index (κ3) is 72.2. The molecule has 0 radical (unpaired) electrons. The fraction of sp³-hybridized carbons (Fsp3) is 0.949. The van der Waals surface area contributed by atoms with Crippen LogP contribution in [0.15, 0.2) is 0 Å². The van der Waals surface area contributed by atoms with Crippen LogP contribution in [-0.2, 0) is 65.4 Å². The Kier molecular flexibility index (Phi) is 67.1. The van der Waals surface area contributed by atoms with Gasteiger partial charge in [-0.2, -0.15) is 0 Å². The molecule has 0 bridgehead atoms. The first kappa shape index (κ1) is 95.1. The molecule has 19 heteroatoms. The fourth-order valence-corrected chi connectivity index (χ4v) is 13.5. The second-order valence-electron chi connectivity index (χ2n) is 29.5. The van der Waals surface area contributed by atoms with Gasteiger partial charge in [-0.3, -0.25) is 37.3 Å². The van der Waals surface area contributed by atoms with Crippen molar-refractivity contribution in [3.8, 4) is 0 Å². The lowest BCUT2D eigenvalue weighted by Gasteiger charge is -2.21. The summed E-state index contributed by atoms with van der Waals surface area (Å²) in [6.07, 6.45) is 55.3. The number of aliphatic hydroxyl groups is 1. The smallest absolute Gasteiger partial charge is 0.462 e. The van der Waals surface area contributed by atoms with Crippen molar-refractivity contribution in [2.45, 2.75) is 420 Å². The summed E-state index contributed by atoms with van der Waals surface area (Å²) in [5.41, 5.74) is 0. The predicted octanol–water partition coefficient (Wildman–Crippen LogP) is 23.0. The van der Waals surface area contributed by atoms with E-state index in [-0.39, 0.29) is 25.7 Å². The Morgan fingerprint density at radius 1 is 0.278 bits per heavy atom. The molecule has 5 atom stereocenters. The number of rotatable bonds is 76. The van der Waals surface area contributed by atoms with Gasteiger partial charge < -0.3 is 33.8 Å². The summed E-state index contributed by atoms with van der Waals surface area (Å²) in [7, 11) is -9.92. The van der Waals surface area contributed by atoms with E-state index in [9.17, 15) is 43.2 Å². The van der Waals surface area contributed by atoms with Crippen molar-refractivity contribution in [2.75, 3.05) is 39.6 Å². The Hall–Kier alpha value is -1.94. The van der Waals surface area contributed by atoms with Crippen molar-refractivity contribution in [2.24, 2.45) is 17.8 Å². The maximum Gasteiger partial charge on any atom is 0.472 e. The molecule has 0 aromatic carbocycles. The number of hydrogen-bond acceptors (Lipinski definition) is 15. The number of phosphoric ester groups is 2. The number of aliphatic hydroxyl groups excluding tert-OH is 1. The van der Waals surface area contributed by atoms with Gasteiger partial charge in [0.2, 0.25) is 0 Å². The Bertz CT molecular complexity index is 1890. The van der Waals surface area contributed by atoms with Crippen LogP contribution in [0.4, 0.5) is 0 Å². The highest BCUT2D eigenvalue weighted by molar-refractivity contribution is 7.47. The third-order valence-corrected chi connectivity index (χ3v) is 20.0. The fourth-order valence-electron chi connectivity index (χ4n) is 12.0. The number of unbranched alkanes of at least 4 members (excludes halogenated alkanes) is 44. The molecule has 0 aliphatic carbocycles. The summed E-state index contributed by atoms with van der Waals surface area (Å²) in [6.45, 7) is 11.9. The molecule has 3 N–H and O–H groups in total. The van der Waals surface area contributed by atoms with Gasteiger partial charge in [-0.15, -0.1) is 0 Å². The van der Waals surface area contributed by atoms with E-state index >= 15 is 0 Å². The van der Waals surface area contributed by atoms with Crippen molar-refractivity contribution in [3.63, 3.8) is 0 Å². The van der Waals surface area contributed by atoms with E-state index in [4.69, 9.17) is 37.0 Å². The maximum absolute atomic E-state index is 13.1. The molecule has 0 heterocycles. The minimum absolute atomic E-state index is 0.107. The molecular weight excluding hydrogens is 1270 g/mol. The topological polar surface area (TPSA) is 237 Å². The first-order valence-corrected chi connectivity index (χ1v) is 43.3. The van der Waals surface area contributed by atoms with Crippen molar-refractivity contribution < 1.29 is 80.2 Å². The van der Waals surface area contributed by atoms with Gasteiger partial charge in [0.25, 0.3) is 0 Å². The van der Waals surface area contributed by atoms with Crippen LogP contribution >= 0.6 is 15.6 Å². The number of phosphoric acid groups is 2. The lowest BCUT2D eigenvalue weighted by Crippen LogP contribution is -2.30. The van der Waals surface area contributed by atoms with E-state index in [2.05, 4.69) is 48.5 Å². The largest absolute Gasteiger partial charge is 0.472 e. The standard InChI is InChI=1S/C78H152O17P2/c1-8-9-10-11-12-13-14-15-24-31-38-45-52-59-75(80)88-66-74(95-78(83)62-55-48-41-34-27-20-23-30-37-44-51-58-71(6)7)68-93-97(86,87)91-64-72(79)63-90-96(84,85)92-67-73(94-77(82)61-54-47-40-33-26-19-17-22-29-36-43-50-57-70(4)5)65-89-76(81)60-53-46-39-32-25-18-16-21-28-35-42-49-56-69(2)3/h69-74,79H,8-68H2,1-7H3,(H,84,85)(H,86,87)/t72-,73-,74-/m1/s1. The van der Waals surface area contributed by atoms with Crippen molar-refractivity contribution in [3.05, 3.63) is 0 Å². The van der Waals surface area contributed by atoms with Gasteiger partial charge in [0.1, 0.15) is 19.3 Å². The molecule has 0 spiro atoms. The minimum Gasteiger partial charge on any atom is -0.462 e. The second-order valence-corrected chi connectivity index (χ2v) is 32.4. The highest BCUT2D eigenvalue weighted by atomic mass is 31.2. The SMILES string of the molecule is CCCCCCCCCCCCCCCC(=O)OC[C@H](COP(=O)(O)OC[C@H](O)COP(=O)(O)OC[C@@H](COC(=O)CCCCCCCCCCCCCCC(C)C)OC(=O)CCCCCCCCCCCCCCC(C)C)OC(=O)CCCCCCCCCCCCCC(C)C. The zero-order valence-electron chi connectivity index (χ0n) is 63.5. The number of carbonyl (C=O) groups excluding carboxylic acids is 4. The molecule has 2 unspecified atom stereocenters. The van der Waals surface area contributed by atoms with Crippen LogP contribution in [0.25, 0.3) is 0 Å². The second kappa shape index (κ2) is 68.5. The predicted molar refractivity (Wildman–Crippen MR) is 395 cm³/mol. The van der Waals surface area contributed by atoms with E-state index in [0.717, 1.165) is 108 Å². The number of hydrogen-bond donors (Lipinski definition) is 3. The lowest BCUT2D eigenvalue weighted by atomic mass is 10.0. The third-order valence-electron chi connectivity index (χ3n) is 18.1. The zero-order chi connectivity index (χ0) is 71.6. The number of carbonyl (C=O) groups is 4. The van der Waals surface area contributed by atoms with Gasteiger partial charge in [0, 0.05) is 25.7 Å². The lowest BCUT2D eigenvalue weighted by molar-refractivity contribution is -0.161. The summed E-state index contributed by atoms with van der Waals surface area (Å²) in [5.74, 6) is 0.211. The highest BCUT2D eigenvalue weighted by Gasteiger charge is 2.30. The molecule has 17 nitrogen and oxygen atoms in total. The molecule has 576 valence electrons. The van der Waals surface area contributed by atoms with Crippen LogP contribution in [0.5, 0.6) is 0 Å². The van der Waals surface area contributed by atoms with Gasteiger partial charge >= 0.3 is 39.5 Å². The average molecular weight is 1420 g/mol. The quantitative estimate of drug-likeness (QED) is 0.0222. The Morgan fingerprint density at radius 2 is 0.474 bits per heavy atom. The van der Waals surface area contributed by atoms with Crippen molar-refractivity contribution in [1.82, 2.24) is 0 Å². The normalized spacial score (nSPS) is 14.0. The van der Waals surface area contributed by atoms with Crippen LogP contribution in [0.2, 0.25) is 0 Å². The van der Waals surface area contributed by atoms with Crippen LogP contribution in [-0.4, -0.2) is 96.7 Å². The van der Waals surface area contributed by atoms with Crippen LogP contribution in [0.1, 0.15) is 402 Å². The molecule has 0 fully saturated rings. The van der Waals surface area contributed by atoms with Gasteiger partial charge in [0.05, 0.1) is 26.4 Å². The van der Waals surface area contributed by atoms with Gasteiger partial charge in [-0.05, 0) is 43.4 Å². The van der Waals surface area contributed by atoms with Crippen LogP contribution in [0.3, 0.4) is 0 Å². The first-order chi connectivity index (χ1) is 46.7. The van der Waals surface area contributed by atoms with E-state index in [1.807, 2.05) is 0 Å². The van der Waals surface area contributed by atoms with Crippen LogP contribution in [0, 0.1) is 17.8 Å². The molecule has 97 heavy (non-hydrogen) atoms. The molecule has 0 aromatic rings. The molecule has 0 aromatic heterocycles. The molecular formula is C78H152O17P2. The minimum atomic E-state index is -4.96. The Balaban J connectivity index is 5.27. The summed E-state index contributed by atoms with van der Waals surface area (Å²) >= 11 is 0. The van der Waals surface area contributed by atoms with E-state index < -0.39 is 97.5 Å². The van der Waals surface area contributed by atoms with Gasteiger partial charge in [-0.25, -0.2) is 9.13 Å². The summed E-state index contributed by atoms with van der Waals surface area (Å²) in [4.78, 5) is 73.0. The number of esters is 4. The Morgan fingerprint density at radius 3 is 0.701 bits per heavy atom. The highest BCUT2D eigenvalue weighted by Crippen LogP contribution is 2.45. The molecule has 0 amide bonds. The first-order valence-electron chi connectivity index (χ1n) is 40.3. The summed E-state index contributed by atoms with van der Waals surface area (Å²) < 4.78 is 68.7. The van der Waals surface area contributed by atoms with Crippen LogP contribution < -0.4 is 0 Å². The summed E-state index contributed by atoms with van der Waals surface area (Å²) in [6, 6.07) is 0. The number of ether oxygens (including phenoxy) is 4. The molecule has 0 aliphatic rings. The Labute approximate surface area is 594 Å². The summed E-state index contributed by atoms with van der Waals surface area (Å²) in [5, 5.41) is 10.6. The van der Waals surface area contributed by atoms with E-state index in [1.165, 1.54) is 212 Å². The van der Waals surface area contributed by atoms with E-state index in [1.54, 1.807) is 0 Å².